The van der Waals surface area contributed by atoms with Gasteiger partial charge in [-0.05, 0) is 55.3 Å². The average molecular weight is 455 g/mol. The van der Waals surface area contributed by atoms with Crippen molar-refractivity contribution >= 4 is 33.2 Å². The van der Waals surface area contributed by atoms with Crippen molar-refractivity contribution in [1.82, 2.24) is 5.32 Å². The third-order valence-corrected chi connectivity index (χ3v) is 6.07. The molecular weight excluding hydrogens is 428 g/mol. The summed E-state index contributed by atoms with van der Waals surface area (Å²) in [5.74, 6) is 0.871. The summed E-state index contributed by atoms with van der Waals surface area (Å²) in [4.78, 5) is 12.4. The monoisotopic (exact) mass is 454 g/mol. The molecule has 0 fully saturated rings. The first kappa shape index (κ1) is 23.8. The fourth-order valence-corrected chi connectivity index (χ4v) is 3.21. The van der Waals surface area contributed by atoms with E-state index in [4.69, 9.17) is 21.1 Å². The minimum absolute atomic E-state index is 0.250. The molecule has 0 heterocycles. The summed E-state index contributed by atoms with van der Waals surface area (Å²) in [6, 6.07) is 12.0. The summed E-state index contributed by atoms with van der Waals surface area (Å²) >= 11 is 6.06. The molecule has 1 N–H and O–H groups in total. The maximum atomic E-state index is 12.4. The zero-order valence-corrected chi connectivity index (χ0v) is 19.1. The van der Waals surface area contributed by atoms with Crippen molar-refractivity contribution in [2.45, 2.75) is 26.4 Å². The number of carbonyl (C=O) groups excluding carboxylic acids is 1. The molecule has 1 unspecified atom stereocenters. The number of hydrogen-bond acceptors (Lipinski definition) is 5. The van der Waals surface area contributed by atoms with Crippen LogP contribution in [0.2, 0.25) is 5.02 Å². The van der Waals surface area contributed by atoms with Gasteiger partial charge in [0.1, 0.15) is 18.1 Å². The first-order valence-corrected chi connectivity index (χ1v) is 11.7. The number of anilines is 1. The van der Waals surface area contributed by atoms with E-state index in [2.05, 4.69) is 5.32 Å². The zero-order valence-electron chi connectivity index (χ0n) is 17.5. The predicted octanol–water partition coefficient (Wildman–Crippen LogP) is 3.40. The van der Waals surface area contributed by atoms with Gasteiger partial charge >= 0.3 is 0 Å². The van der Waals surface area contributed by atoms with Crippen molar-refractivity contribution < 1.29 is 22.7 Å². The summed E-state index contributed by atoms with van der Waals surface area (Å²) in [5.41, 5.74) is 1.48. The van der Waals surface area contributed by atoms with Crippen molar-refractivity contribution in [1.29, 1.82) is 0 Å². The number of carbonyl (C=O) groups is 1. The topological polar surface area (TPSA) is 84.9 Å². The molecule has 0 spiro atoms. The van der Waals surface area contributed by atoms with Gasteiger partial charge in [-0.1, -0.05) is 24.6 Å². The van der Waals surface area contributed by atoms with Crippen LogP contribution in [0.5, 0.6) is 11.5 Å². The molecule has 1 amide bonds. The summed E-state index contributed by atoms with van der Waals surface area (Å²) in [6.45, 7) is 4.38. The van der Waals surface area contributed by atoms with Crippen LogP contribution in [0.4, 0.5) is 5.69 Å². The molecule has 0 saturated carbocycles. The van der Waals surface area contributed by atoms with Crippen molar-refractivity contribution in [3.05, 3.63) is 53.1 Å². The molecule has 0 saturated heterocycles. The second kappa shape index (κ2) is 10.5. The summed E-state index contributed by atoms with van der Waals surface area (Å²) in [6.07, 6.45) is 0.939. The smallest absolute Gasteiger partial charge is 0.261 e. The molecule has 0 aromatic heterocycles. The van der Waals surface area contributed by atoms with Gasteiger partial charge in [0.05, 0.1) is 18.5 Å². The number of sulfonamides is 1. The highest BCUT2D eigenvalue weighted by molar-refractivity contribution is 7.92. The molecule has 0 radical (unpaired) electrons. The van der Waals surface area contributed by atoms with Crippen molar-refractivity contribution in [2.75, 3.05) is 30.8 Å². The van der Waals surface area contributed by atoms with Crippen LogP contribution in [0.15, 0.2) is 42.5 Å². The third-order valence-electron chi connectivity index (χ3n) is 4.45. The maximum absolute atomic E-state index is 12.4. The molecule has 2 rings (SSSR count). The second-order valence-electron chi connectivity index (χ2n) is 6.79. The number of amides is 1. The number of rotatable bonds is 10. The van der Waals surface area contributed by atoms with Crippen molar-refractivity contribution in [2.24, 2.45) is 0 Å². The molecule has 30 heavy (non-hydrogen) atoms. The minimum Gasteiger partial charge on any atom is -0.492 e. The molecule has 0 aliphatic heterocycles. The van der Waals surface area contributed by atoms with Gasteiger partial charge in [-0.25, -0.2) is 8.42 Å². The van der Waals surface area contributed by atoms with Crippen molar-refractivity contribution in [3.8, 4) is 11.5 Å². The Bertz CT molecular complexity index is 964. The van der Waals surface area contributed by atoms with E-state index in [1.807, 2.05) is 26.0 Å². The number of halogens is 1. The fourth-order valence-electron chi connectivity index (χ4n) is 2.53. The van der Waals surface area contributed by atoms with E-state index in [1.165, 1.54) is 11.4 Å². The lowest BCUT2D eigenvalue weighted by Crippen LogP contribution is -2.39. The third kappa shape index (κ3) is 6.81. The number of ether oxygens (including phenoxy) is 2. The lowest BCUT2D eigenvalue weighted by Gasteiger charge is -2.19. The standard InChI is InChI=1S/C21H27ClN2O5S/c1-5-20(29-17-10-7-16(8-11-17)24(3)30(4,26)27)21(25)23-12-13-28-18-9-6-15(2)19(22)14-18/h6-11,14,20H,5,12-13H2,1-4H3,(H,23,25). The Morgan fingerprint density at radius 1 is 1.17 bits per heavy atom. The molecule has 2 aromatic rings. The van der Waals surface area contributed by atoms with E-state index in [0.717, 1.165) is 11.8 Å². The Balaban J connectivity index is 1.84. The van der Waals surface area contributed by atoms with Gasteiger partial charge in [0.2, 0.25) is 10.0 Å². The molecule has 7 nitrogen and oxygen atoms in total. The van der Waals surface area contributed by atoms with E-state index < -0.39 is 16.1 Å². The maximum Gasteiger partial charge on any atom is 0.261 e. The molecule has 0 aliphatic rings. The van der Waals surface area contributed by atoms with Gasteiger partial charge in [0, 0.05) is 12.1 Å². The molecule has 0 aliphatic carbocycles. The van der Waals surface area contributed by atoms with E-state index in [1.54, 1.807) is 30.3 Å². The van der Waals surface area contributed by atoms with Gasteiger partial charge in [0.15, 0.2) is 6.10 Å². The summed E-state index contributed by atoms with van der Waals surface area (Å²) < 4.78 is 35.7. The number of nitrogens with zero attached hydrogens (tertiary/aromatic N) is 1. The molecule has 9 heteroatoms. The minimum atomic E-state index is -3.34. The SMILES string of the molecule is CCC(Oc1ccc(N(C)S(C)(=O)=O)cc1)C(=O)NCCOc1ccc(C)c(Cl)c1. The highest BCUT2D eigenvalue weighted by Gasteiger charge is 2.18. The Morgan fingerprint density at radius 2 is 1.80 bits per heavy atom. The average Bonchev–Trinajstić information content (AvgIpc) is 2.71. The second-order valence-corrected chi connectivity index (χ2v) is 9.21. The molecule has 1 atom stereocenters. The predicted molar refractivity (Wildman–Crippen MR) is 119 cm³/mol. The number of aryl methyl sites for hydroxylation is 1. The van der Waals surface area contributed by atoms with Gasteiger partial charge in [0.25, 0.3) is 5.91 Å². The van der Waals surface area contributed by atoms with Crippen LogP contribution in [-0.4, -0.2) is 46.9 Å². The Hall–Kier alpha value is -2.45. The largest absolute Gasteiger partial charge is 0.492 e. The van der Waals surface area contributed by atoms with Gasteiger partial charge in [-0.15, -0.1) is 0 Å². The van der Waals surface area contributed by atoms with Gasteiger partial charge in [-0.2, -0.15) is 0 Å². The number of hydrogen-bond donors (Lipinski definition) is 1. The van der Waals surface area contributed by atoms with E-state index in [9.17, 15) is 13.2 Å². The zero-order chi connectivity index (χ0) is 22.3. The number of benzene rings is 2. The fraction of sp³-hybridized carbons (Fsp3) is 0.381. The highest BCUT2D eigenvalue weighted by atomic mass is 35.5. The number of nitrogens with one attached hydrogen (secondary N) is 1. The Kier molecular flexibility index (Phi) is 8.37. The van der Waals surface area contributed by atoms with Gasteiger partial charge in [-0.3, -0.25) is 9.10 Å². The van der Waals surface area contributed by atoms with E-state index in [0.29, 0.717) is 41.8 Å². The molecule has 0 bridgehead atoms. The summed E-state index contributed by atoms with van der Waals surface area (Å²) in [5, 5.41) is 3.42. The van der Waals surface area contributed by atoms with Crippen LogP contribution in [0.1, 0.15) is 18.9 Å². The van der Waals surface area contributed by atoms with Gasteiger partial charge < -0.3 is 14.8 Å². The quantitative estimate of drug-likeness (QED) is 0.556. The van der Waals surface area contributed by atoms with Crippen LogP contribution in [0.3, 0.4) is 0 Å². The highest BCUT2D eigenvalue weighted by Crippen LogP contribution is 2.22. The Labute approximate surface area is 183 Å². The van der Waals surface area contributed by atoms with Crippen molar-refractivity contribution in [3.63, 3.8) is 0 Å². The van der Waals surface area contributed by atoms with Crippen LogP contribution in [0, 0.1) is 6.92 Å². The molecule has 164 valence electrons. The van der Waals surface area contributed by atoms with Crippen LogP contribution < -0.4 is 19.1 Å². The first-order chi connectivity index (χ1) is 14.1. The van der Waals surface area contributed by atoms with E-state index >= 15 is 0 Å². The lowest BCUT2D eigenvalue weighted by atomic mass is 10.2. The lowest BCUT2D eigenvalue weighted by molar-refractivity contribution is -0.128. The van der Waals surface area contributed by atoms with Crippen LogP contribution >= 0.6 is 11.6 Å². The van der Waals surface area contributed by atoms with E-state index in [-0.39, 0.29) is 5.91 Å². The summed E-state index contributed by atoms with van der Waals surface area (Å²) in [7, 11) is -1.87. The van der Waals surface area contributed by atoms with Crippen LogP contribution in [0.25, 0.3) is 0 Å². The first-order valence-electron chi connectivity index (χ1n) is 9.49. The molecule has 2 aromatic carbocycles. The normalized spacial score (nSPS) is 12.2. The Morgan fingerprint density at radius 3 is 2.37 bits per heavy atom. The molecular formula is C21H27ClN2O5S. The van der Waals surface area contributed by atoms with Crippen LogP contribution in [-0.2, 0) is 14.8 Å².